The molecule has 0 bridgehead atoms. The lowest BCUT2D eigenvalue weighted by Gasteiger charge is -2.16. The number of nitrogens with one attached hydrogen (secondary N) is 1. The van der Waals surface area contributed by atoms with Gasteiger partial charge in [0.15, 0.2) is 5.43 Å². The fourth-order valence-electron chi connectivity index (χ4n) is 2.68. The Labute approximate surface area is 148 Å². The highest BCUT2D eigenvalue weighted by molar-refractivity contribution is 9.10. The Morgan fingerprint density at radius 3 is 2.67 bits per heavy atom. The van der Waals surface area contributed by atoms with Crippen molar-refractivity contribution in [1.29, 1.82) is 0 Å². The van der Waals surface area contributed by atoms with Gasteiger partial charge in [-0.3, -0.25) is 9.59 Å². The van der Waals surface area contributed by atoms with E-state index in [-0.39, 0.29) is 23.9 Å². The summed E-state index contributed by atoms with van der Waals surface area (Å²) in [6.07, 6.45) is 1.66. The maximum atomic E-state index is 12.4. The summed E-state index contributed by atoms with van der Waals surface area (Å²) in [5.41, 5.74) is 1.74. The highest BCUT2D eigenvalue weighted by atomic mass is 79.9. The second-order valence-electron chi connectivity index (χ2n) is 5.67. The molecule has 5 heteroatoms. The first-order chi connectivity index (χ1) is 11.5. The van der Waals surface area contributed by atoms with Crippen molar-refractivity contribution in [3.8, 4) is 0 Å². The summed E-state index contributed by atoms with van der Waals surface area (Å²) in [5.74, 6) is -0.101. The molecule has 2 aromatic carbocycles. The molecule has 1 N–H and O–H groups in total. The molecule has 0 aliphatic rings. The van der Waals surface area contributed by atoms with Gasteiger partial charge in [-0.2, -0.15) is 0 Å². The SMILES string of the molecule is CC(NC(=O)Cn1ccc(=O)c2ccc(Br)cc21)c1ccccc1. The van der Waals surface area contributed by atoms with E-state index >= 15 is 0 Å². The molecule has 3 rings (SSSR count). The second kappa shape index (κ2) is 7.01. The lowest BCUT2D eigenvalue weighted by Crippen LogP contribution is -2.30. The summed E-state index contributed by atoms with van der Waals surface area (Å²) in [6.45, 7) is 2.11. The molecule has 1 amide bonds. The number of fused-ring (bicyclic) bond motifs is 1. The highest BCUT2D eigenvalue weighted by Gasteiger charge is 2.11. The van der Waals surface area contributed by atoms with E-state index < -0.39 is 0 Å². The quantitative estimate of drug-likeness (QED) is 0.746. The maximum Gasteiger partial charge on any atom is 0.240 e. The van der Waals surface area contributed by atoms with Crippen LogP contribution >= 0.6 is 15.9 Å². The van der Waals surface area contributed by atoms with Gasteiger partial charge in [0.05, 0.1) is 11.6 Å². The number of rotatable bonds is 4. The minimum Gasteiger partial charge on any atom is -0.348 e. The summed E-state index contributed by atoms with van der Waals surface area (Å²) in [6, 6.07) is 16.7. The number of carbonyl (C=O) groups excluding carboxylic acids is 1. The predicted molar refractivity (Wildman–Crippen MR) is 98.9 cm³/mol. The third-order valence-corrected chi connectivity index (χ3v) is 4.42. The van der Waals surface area contributed by atoms with Gasteiger partial charge in [0.2, 0.25) is 5.91 Å². The third kappa shape index (κ3) is 3.57. The highest BCUT2D eigenvalue weighted by Crippen LogP contribution is 2.17. The first-order valence-corrected chi connectivity index (χ1v) is 8.47. The Kier molecular flexibility index (Phi) is 4.81. The van der Waals surface area contributed by atoms with Gasteiger partial charge in [-0.1, -0.05) is 46.3 Å². The van der Waals surface area contributed by atoms with Crippen LogP contribution in [-0.4, -0.2) is 10.5 Å². The first kappa shape index (κ1) is 16.5. The Morgan fingerprint density at radius 2 is 1.92 bits per heavy atom. The van der Waals surface area contributed by atoms with Crippen molar-refractivity contribution in [3.05, 3.63) is 81.1 Å². The van der Waals surface area contributed by atoms with Crippen molar-refractivity contribution < 1.29 is 4.79 Å². The van der Waals surface area contributed by atoms with Crippen LogP contribution in [0, 0.1) is 0 Å². The van der Waals surface area contributed by atoms with E-state index in [1.165, 1.54) is 6.07 Å². The fraction of sp³-hybridized carbons (Fsp3) is 0.158. The van der Waals surface area contributed by atoms with Gasteiger partial charge in [0, 0.05) is 22.1 Å². The molecule has 0 radical (unpaired) electrons. The zero-order valence-corrected chi connectivity index (χ0v) is 14.8. The Bertz CT molecular complexity index is 935. The van der Waals surface area contributed by atoms with Gasteiger partial charge in [-0.05, 0) is 30.7 Å². The van der Waals surface area contributed by atoms with Gasteiger partial charge in [-0.15, -0.1) is 0 Å². The molecule has 1 unspecified atom stereocenters. The van der Waals surface area contributed by atoms with Gasteiger partial charge < -0.3 is 9.88 Å². The number of amides is 1. The molecule has 0 saturated carbocycles. The van der Waals surface area contributed by atoms with E-state index in [1.54, 1.807) is 16.8 Å². The van der Waals surface area contributed by atoms with Crippen LogP contribution in [0.2, 0.25) is 0 Å². The number of nitrogens with zero attached hydrogens (tertiary/aromatic N) is 1. The van der Waals surface area contributed by atoms with Gasteiger partial charge >= 0.3 is 0 Å². The zero-order chi connectivity index (χ0) is 17.1. The zero-order valence-electron chi connectivity index (χ0n) is 13.2. The summed E-state index contributed by atoms with van der Waals surface area (Å²) < 4.78 is 2.65. The average Bonchev–Trinajstić information content (AvgIpc) is 2.58. The maximum absolute atomic E-state index is 12.4. The van der Waals surface area contributed by atoms with Crippen molar-refractivity contribution in [2.75, 3.05) is 0 Å². The van der Waals surface area contributed by atoms with E-state index in [0.29, 0.717) is 5.39 Å². The van der Waals surface area contributed by atoms with Crippen LogP contribution in [0.5, 0.6) is 0 Å². The van der Waals surface area contributed by atoms with E-state index in [1.807, 2.05) is 49.4 Å². The third-order valence-electron chi connectivity index (χ3n) is 3.93. The molecule has 122 valence electrons. The Morgan fingerprint density at radius 1 is 1.17 bits per heavy atom. The second-order valence-corrected chi connectivity index (χ2v) is 6.58. The summed E-state index contributed by atoms with van der Waals surface area (Å²) >= 11 is 3.41. The average molecular weight is 385 g/mol. The van der Waals surface area contributed by atoms with E-state index in [4.69, 9.17) is 0 Å². The lowest BCUT2D eigenvalue weighted by atomic mass is 10.1. The molecule has 0 spiro atoms. The molecule has 24 heavy (non-hydrogen) atoms. The van der Waals surface area contributed by atoms with Crippen molar-refractivity contribution in [2.24, 2.45) is 0 Å². The summed E-state index contributed by atoms with van der Waals surface area (Å²) in [5, 5.41) is 3.59. The largest absolute Gasteiger partial charge is 0.348 e. The van der Waals surface area contributed by atoms with E-state index in [9.17, 15) is 9.59 Å². The van der Waals surface area contributed by atoms with Crippen LogP contribution in [0.15, 0.2) is 70.1 Å². The molecule has 4 nitrogen and oxygen atoms in total. The van der Waals surface area contributed by atoms with Gasteiger partial charge in [0.25, 0.3) is 0 Å². The number of benzene rings is 2. The van der Waals surface area contributed by atoms with Crippen LogP contribution in [0.25, 0.3) is 10.9 Å². The minimum absolute atomic E-state index is 0.0492. The Balaban J connectivity index is 1.82. The molecule has 0 fully saturated rings. The number of pyridine rings is 1. The Hall–Kier alpha value is -2.40. The van der Waals surface area contributed by atoms with Crippen LogP contribution < -0.4 is 10.7 Å². The molecule has 1 aromatic heterocycles. The van der Waals surface area contributed by atoms with Crippen molar-refractivity contribution >= 4 is 32.7 Å². The monoisotopic (exact) mass is 384 g/mol. The molecule has 3 aromatic rings. The summed E-state index contributed by atoms with van der Waals surface area (Å²) in [7, 11) is 0. The van der Waals surface area contributed by atoms with Gasteiger partial charge in [-0.25, -0.2) is 0 Å². The fourth-order valence-corrected chi connectivity index (χ4v) is 3.03. The van der Waals surface area contributed by atoms with Gasteiger partial charge in [0.1, 0.15) is 6.54 Å². The predicted octanol–water partition coefficient (Wildman–Crippen LogP) is 3.64. The topological polar surface area (TPSA) is 51.1 Å². The minimum atomic E-state index is -0.101. The van der Waals surface area contributed by atoms with E-state index in [0.717, 1.165) is 15.6 Å². The molecule has 1 heterocycles. The van der Waals surface area contributed by atoms with Crippen LogP contribution in [0.1, 0.15) is 18.5 Å². The smallest absolute Gasteiger partial charge is 0.240 e. The van der Waals surface area contributed by atoms with Crippen molar-refractivity contribution in [2.45, 2.75) is 19.5 Å². The number of hydrogen-bond donors (Lipinski definition) is 1. The molecular formula is C19H17BrN2O2. The standard InChI is InChI=1S/C19H17BrN2O2/c1-13(14-5-3-2-4-6-14)21-19(24)12-22-10-9-18(23)16-8-7-15(20)11-17(16)22/h2-11,13H,12H2,1H3,(H,21,24). The van der Waals surface area contributed by atoms with Crippen molar-refractivity contribution in [3.63, 3.8) is 0 Å². The number of carbonyl (C=O) groups is 1. The number of halogens is 1. The number of aromatic nitrogens is 1. The van der Waals surface area contributed by atoms with Crippen molar-refractivity contribution in [1.82, 2.24) is 9.88 Å². The first-order valence-electron chi connectivity index (χ1n) is 7.67. The normalized spacial score (nSPS) is 12.1. The molecule has 0 aliphatic heterocycles. The molecule has 1 atom stereocenters. The summed E-state index contributed by atoms with van der Waals surface area (Å²) in [4.78, 5) is 24.3. The number of hydrogen-bond acceptors (Lipinski definition) is 2. The molecular weight excluding hydrogens is 368 g/mol. The molecule has 0 aliphatic carbocycles. The van der Waals surface area contributed by atoms with Crippen LogP contribution in [0.4, 0.5) is 0 Å². The van der Waals surface area contributed by atoms with E-state index in [2.05, 4.69) is 21.2 Å². The lowest BCUT2D eigenvalue weighted by molar-refractivity contribution is -0.122. The van der Waals surface area contributed by atoms with Crippen LogP contribution in [0.3, 0.4) is 0 Å². The molecule has 0 saturated heterocycles. The van der Waals surface area contributed by atoms with Crippen LogP contribution in [-0.2, 0) is 11.3 Å².